The van der Waals surface area contributed by atoms with E-state index in [1.165, 1.54) is 0 Å². The van der Waals surface area contributed by atoms with E-state index in [1.54, 1.807) is 49.4 Å². The number of carbonyl (C=O) groups excluding carboxylic acids is 1. The quantitative estimate of drug-likeness (QED) is 0.694. The van der Waals surface area contributed by atoms with Crippen molar-refractivity contribution in [3.63, 3.8) is 0 Å². The van der Waals surface area contributed by atoms with Gasteiger partial charge in [-0.05, 0) is 37.3 Å². The molecule has 114 valence electrons. The molecule has 5 nitrogen and oxygen atoms in total. The summed E-state index contributed by atoms with van der Waals surface area (Å²) in [5, 5.41) is 0. The summed E-state index contributed by atoms with van der Waals surface area (Å²) in [5.74, 6) is 1.69. The van der Waals surface area contributed by atoms with Gasteiger partial charge in [-0.25, -0.2) is 0 Å². The van der Waals surface area contributed by atoms with Crippen LogP contribution in [0.2, 0.25) is 0 Å². The fourth-order valence-electron chi connectivity index (χ4n) is 2.28. The van der Waals surface area contributed by atoms with Crippen molar-refractivity contribution in [3.8, 4) is 17.2 Å². The third kappa shape index (κ3) is 2.98. The van der Waals surface area contributed by atoms with Crippen molar-refractivity contribution >= 4 is 11.5 Å². The molecule has 0 amide bonds. The van der Waals surface area contributed by atoms with Gasteiger partial charge in [0, 0.05) is 17.3 Å². The number of hydrogen-bond donors (Lipinski definition) is 1. The molecule has 1 aliphatic rings. The zero-order valence-electron chi connectivity index (χ0n) is 12.2. The number of rotatable bonds is 4. The Labute approximate surface area is 128 Å². The van der Waals surface area contributed by atoms with Gasteiger partial charge in [-0.15, -0.1) is 0 Å². The number of fused-ring (bicyclic) bond motifs is 1. The first-order valence-corrected chi connectivity index (χ1v) is 7.09. The Morgan fingerprint density at radius 3 is 2.68 bits per heavy atom. The summed E-state index contributed by atoms with van der Waals surface area (Å²) in [4.78, 5) is 12.5. The molecule has 22 heavy (non-hydrogen) atoms. The highest BCUT2D eigenvalue weighted by molar-refractivity contribution is 6.00. The second-order valence-electron chi connectivity index (χ2n) is 5.06. The van der Waals surface area contributed by atoms with Gasteiger partial charge in [-0.2, -0.15) is 0 Å². The maximum atomic E-state index is 12.5. The number of anilines is 1. The van der Waals surface area contributed by atoms with Crippen LogP contribution >= 0.6 is 0 Å². The molecule has 5 heteroatoms. The van der Waals surface area contributed by atoms with Crippen LogP contribution in [0, 0.1) is 0 Å². The molecule has 1 atom stereocenters. The fourth-order valence-corrected chi connectivity index (χ4v) is 2.28. The highest BCUT2D eigenvalue weighted by atomic mass is 16.6. The minimum Gasteiger partial charge on any atom is -0.486 e. The van der Waals surface area contributed by atoms with Crippen molar-refractivity contribution in [1.29, 1.82) is 0 Å². The third-order valence-electron chi connectivity index (χ3n) is 3.37. The predicted molar refractivity (Wildman–Crippen MR) is 82.7 cm³/mol. The van der Waals surface area contributed by atoms with Crippen LogP contribution in [-0.2, 0) is 0 Å². The normalized spacial score (nSPS) is 14.2. The zero-order chi connectivity index (χ0) is 15.5. The average molecular weight is 299 g/mol. The van der Waals surface area contributed by atoms with E-state index >= 15 is 0 Å². The number of ether oxygens (including phenoxy) is 3. The number of nitrogens with two attached hydrogens (primary N) is 1. The summed E-state index contributed by atoms with van der Waals surface area (Å²) in [5.41, 5.74) is 6.82. The number of ketones is 1. The molecule has 0 aromatic heterocycles. The van der Waals surface area contributed by atoms with Crippen LogP contribution in [0.5, 0.6) is 17.2 Å². The van der Waals surface area contributed by atoms with Gasteiger partial charge in [0.2, 0.25) is 5.78 Å². The predicted octanol–water partition coefficient (Wildman–Crippen LogP) is 2.69. The molecule has 1 heterocycles. The van der Waals surface area contributed by atoms with Gasteiger partial charge in [0.05, 0.1) is 0 Å². The largest absolute Gasteiger partial charge is 0.486 e. The van der Waals surface area contributed by atoms with E-state index in [0.29, 0.717) is 41.7 Å². The van der Waals surface area contributed by atoms with Crippen molar-refractivity contribution < 1.29 is 19.0 Å². The van der Waals surface area contributed by atoms with Gasteiger partial charge in [-0.1, -0.05) is 6.07 Å². The molecule has 0 radical (unpaired) electrons. The van der Waals surface area contributed by atoms with Crippen LogP contribution in [0.1, 0.15) is 17.3 Å². The van der Waals surface area contributed by atoms with Gasteiger partial charge in [0.1, 0.15) is 19.0 Å². The van der Waals surface area contributed by atoms with Crippen LogP contribution < -0.4 is 19.9 Å². The lowest BCUT2D eigenvalue weighted by atomic mass is 10.1. The minimum atomic E-state index is -0.621. The molecule has 0 fully saturated rings. The molecule has 0 saturated heterocycles. The van der Waals surface area contributed by atoms with Gasteiger partial charge in [-0.3, -0.25) is 4.79 Å². The van der Waals surface area contributed by atoms with E-state index in [4.69, 9.17) is 19.9 Å². The summed E-state index contributed by atoms with van der Waals surface area (Å²) in [6.45, 7) is 2.72. The lowest BCUT2D eigenvalue weighted by Crippen LogP contribution is -2.24. The van der Waals surface area contributed by atoms with Gasteiger partial charge in [0.25, 0.3) is 0 Å². The number of hydrogen-bond acceptors (Lipinski definition) is 5. The molecule has 2 aromatic carbocycles. The summed E-state index contributed by atoms with van der Waals surface area (Å²) >= 11 is 0. The maximum absolute atomic E-state index is 12.5. The standard InChI is InChI=1S/C17H17NO4/c1-11(22-14-4-2-3-13(18)10-14)17(19)12-5-6-15-16(9-12)21-8-7-20-15/h2-6,9-11H,7-8,18H2,1H3. The average Bonchev–Trinajstić information content (AvgIpc) is 2.53. The first kappa shape index (κ1) is 14.3. The van der Waals surface area contributed by atoms with Crippen LogP contribution in [0.15, 0.2) is 42.5 Å². The molecular weight excluding hydrogens is 282 g/mol. The number of Topliss-reactive ketones (excluding diaryl/α,β-unsaturated/α-hetero) is 1. The Balaban J connectivity index is 1.75. The SMILES string of the molecule is CC(Oc1cccc(N)c1)C(=O)c1ccc2c(c1)OCCO2. The number of carbonyl (C=O) groups is 1. The summed E-state index contributed by atoms with van der Waals surface area (Å²) in [6, 6.07) is 12.2. The Morgan fingerprint density at radius 1 is 1.14 bits per heavy atom. The number of nitrogen functional groups attached to an aromatic ring is 1. The van der Waals surface area contributed by atoms with E-state index in [1.807, 2.05) is 0 Å². The van der Waals surface area contributed by atoms with E-state index in [0.717, 1.165) is 0 Å². The molecule has 0 aliphatic carbocycles. The van der Waals surface area contributed by atoms with E-state index in [9.17, 15) is 4.79 Å². The lowest BCUT2D eigenvalue weighted by Gasteiger charge is -2.19. The van der Waals surface area contributed by atoms with Crippen molar-refractivity contribution in [2.75, 3.05) is 18.9 Å². The lowest BCUT2D eigenvalue weighted by molar-refractivity contribution is 0.0817. The Morgan fingerprint density at radius 2 is 1.91 bits per heavy atom. The first-order chi connectivity index (χ1) is 10.6. The van der Waals surface area contributed by atoms with Crippen LogP contribution in [-0.4, -0.2) is 25.1 Å². The fraction of sp³-hybridized carbons (Fsp3) is 0.235. The summed E-state index contributed by atoms with van der Waals surface area (Å²) in [6.07, 6.45) is -0.621. The smallest absolute Gasteiger partial charge is 0.203 e. The molecule has 2 N–H and O–H groups in total. The molecule has 0 spiro atoms. The molecule has 2 aromatic rings. The Bertz CT molecular complexity index is 699. The van der Waals surface area contributed by atoms with E-state index < -0.39 is 6.10 Å². The topological polar surface area (TPSA) is 70.8 Å². The highest BCUT2D eigenvalue weighted by Gasteiger charge is 2.20. The third-order valence-corrected chi connectivity index (χ3v) is 3.37. The highest BCUT2D eigenvalue weighted by Crippen LogP contribution is 2.31. The molecule has 0 saturated carbocycles. The van der Waals surface area contributed by atoms with Crippen molar-refractivity contribution in [3.05, 3.63) is 48.0 Å². The molecule has 0 bridgehead atoms. The zero-order valence-corrected chi connectivity index (χ0v) is 12.2. The molecule has 1 unspecified atom stereocenters. The molecule has 1 aliphatic heterocycles. The van der Waals surface area contributed by atoms with Crippen molar-refractivity contribution in [2.24, 2.45) is 0 Å². The van der Waals surface area contributed by atoms with E-state index in [-0.39, 0.29) is 5.78 Å². The minimum absolute atomic E-state index is 0.126. The number of benzene rings is 2. The van der Waals surface area contributed by atoms with Crippen molar-refractivity contribution in [1.82, 2.24) is 0 Å². The monoisotopic (exact) mass is 299 g/mol. The van der Waals surface area contributed by atoms with Crippen LogP contribution in [0.25, 0.3) is 0 Å². The Hall–Kier alpha value is -2.69. The summed E-state index contributed by atoms with van der Waals surface area (Å²) in [7, 11) is 0. The van der Waals surface area contributed by atoms with Crippen LogP contribution in [0.4, 0.5) is 5.69 Å². The summed E-state index contributed by atoms with van der Waals surface area (Å²) < 4.78 is 16.6. The van der Waals surface area contributed by atoms with Gasteiger partial charge >= 0.3 is 0 Å². The first-order valence-electron chi connectivity index (χ1n) is 7.09. The van der Waals surface area contributed by atoms with E-state index in [2.05, 4.69) is 0 Å². The maximum Gasteiger partial charge on any atom is 0.203 e. The second-order valence-corrected chi connectivity index (χ2v) is 5.06. The van der Waals surface area contributed by atoms with Crippen LogP contribution in [0.3, 0.4) is 0 Å². The Kier molecular flexibility index (Phi) is 3.87. The van der Waals surface area contributed by atoms with Gasteiger partial charge in [0.15, 0.2) is 17.6 Å². The molecule has 3 rings (SSSR count). The van der Waals surface area contributed by atoms with Gasteiger partial charge < -0.3 is 19.9 Å². The van der Waals surface area contributed by atoms with Crippen molar-refractivity contribution in [2.45, 2.75) is 13.0 Å². The molecular formula is C17H17NO4. The second kappa shape index (κ2) is 5.97.